The minimum Gasteiger partial charge on any atom is -0.379 e. The average molecular weight is 222 g/mol. The van der Waals surface area contributed by atoms with Gasteiger partial charge in [-0.2, -0.15) is 0 Å². The van der Waals surface area contributed by atoms with Crippen molar-refractivity contribution < 1.29 is 4.74 Å². The number of hydrazine groups is 1. The zero-order valence-electron chi connectivity index (χ0n) is 8.56. The van der Waals surface area contributed by atoms with Gasteiger partial charge >= 0.3 is 0 Å². The average Bonchev–Trinajstić information content (AvgIpc) is 2.74. The fraction of sp³-hybridized carbons (Fsp3) is 0.455. The molecule has 0 aromatic heterocycles. The lowest BCUT2D eigenvalue weighted by atomic mass is 10.3. The number of thioether (sulfide) groups is 1. The molecular formula is C11H14N2OS. The molecule has 1 aromatic carbocycles. The second-order valence-corrected chi connectivity index (χ2v) is 4.69. The Labute approximate surface area is 94.0 Å². The van der Waals surface area contributed by atoms with E-state index >= 15 is 0 Å². The molecule has 0 saturated carbocycles. The molecule has 2 heterocycles. The SMILES string of the molecule is c1ccc2c(c1)SCN2N1CCOCC1. The van der Waals surface area contributed by atoms with E-state index in [-0.39, 0.29) is 0 Å². The van der Waals surface area contributed by atoms with Gasteiger partial charge in [0.2, 0.25) is 0 Å². The third-order valence-electron chi connectivity index (χ3n) is 2.81. The Morgan fingerprint density at radius 3 is 2.80 bits per heavy atom. The number of hydrogen-bond donors (Lipinski definition) is 0. The lowest BCUT2D eigenvalue weighted by molar-refractivity contribution is 0.0341. The van der Waals surface area contributed by atoms with Crippen molar-refractivity contribution in [2.45, 2.75) is 4.90 Å². The van der Waals surface area contributed by atoms with Gasteiger partial charge < -0.3 is 4.74 Å². The molecular weight excluding hydrogens is 208 g/mol. The first-order valence-electron chi connectivity index (χ1n) is 5.27. The summed E-state index contributed by atoms with van der Waals surface area (Å²) in [7, 11) is 0. The summed E-state index contributed by atoms with van der Waals surface area (Å²) in [6, 6.07) is 8.61. The van der Waals surface area contributed by atoms with Crippen LogP contribution in [0.3, 0.4) is 0 Å². The van der Waals surface area contributed by atoms with E-state index in [1.54, 1.807) is 0 Å². The van der Waals surface area contributed by atoms with Crippen molar-refractivity contribution in [1.29, 1.82) is 0 Å². The van der Waals surface area contributed by atoms with Gasteiger partial charge in [-0.3, -0.25) is 5.01 Å². The molecule has 1 saturated heterocycles. The molecule has 0 aliphatic carbocycles. The van der Waals surface area contributed by atoms with E-state index in [2.05, 4.69) is 34.3 Å². The molecule has 0 radical (unpaired) electrons. The minimum absolute atomic E-state index is 0.851. The number of para-hydroxylation sites is 1. The molecule has 4 heteroatoms. The van der Waals surface area contributed by atoms with Crippen LogP contribution in [0.2, 0.25) is 0 Å². The summed E-state index contributed by atoms with van der Waals surface area (Å²) >= 11 is 1.91. The van der Waals surface area contributed by atoms with Crippen LogP contribution in [0.4, 0.5) is 5.69 Å². The van der Waals surface area contributed by atoms with Gasteiger partial charge in [-0.05, 0) is 12.1 Å². The summed E-state index contributed by atoms with van der Waals surface area (Å²) < 4.78 is 5.37. The zero-order chi connectivity index (χ0) is 10.1. The van der Waals surface area contributed by atoms with E-state index in [4.69, 9.17) is 4.74 Å². The van der Waals surface area contributed by atoms with Crippen molar-refractivity contribution in [3.63, 3.8) is 0 Å². The fourth-order valence-corrected chi connectivity index (χ4v) is 3.08. The highest BCUT2D eigenvalue weighted by Gasteiger charge is 2.25. The van der Waals surface area contributed by atoms with Crippen LogP contribution in [0.5, 0.6) is 0 Å². The van der Waals surface area contributed by atoms with Crippen molar-refractivity contribution in [1.82, 2.24) is 5.01 Å². The van der Waals surface area contributed by atoms with Crippen LogP contribution in [0, 0.1) is 0 Å². The maximum atomic E-state index is 5.37. The summed E-state index contributed by atoms with van der Waals surface area (Å²) in [5.74, 6) is 1.04. The summed E-state index contributed by atoms with van der Waals surface area (Å²) in [5, 5.41) is 4.77. The maximum Gasteiger partial charge on any atom is 0.0849 e. The van der Waals surface area contributed by atoms with Crippen LogP contribution in [0.15, 0.2) is 29.2 Å². The lowest BCUT2D eigenvalue weighted by Crippen LogP contribution is -2.47. The van der Waals surface area contributed by atoms with Gasteiger partial charge in [0.05, 0.1) is 24.8 Å². The normalized spacial score (nSPS) is 21.7. The Morgan fingerprint density at radius 1 is 1.13 bits per heavy atom. The van der Waals surface area contributed by atoms with Gasteiger partial charge in [0.1, 0.15) is 0 Å². The highest BCUT2D eigenvalue weighted by atomic mass is 32.2. The molecule has 0 spiro atoms. The highest BCUT2D eigenvalue weighted by Crippen LogP contribution is 2.38. The molecule has 1 aromatic rings. The molecule has 1 fully saturated rings. The topological polar surface area (TPSA) is 15.7 Å². The third-order valence-corrected chi connectivity index (χ3v) is 3.84. The first-order chi connectivity index (χ1) is 7.45. The Morgan fingerprint density at radius 2 is 1.93 bits per heavy atom. The van der Waals surface area contributed by atoms with Crippen LogP contribution < -0.4 is 5.01 Å². The highest BCUT2D eigenvalue weighted by molar-refractivity contribution is 7.99. The predicted molar refractivity (Wildman–Crippen MR) is 62.0 cm³/mol. The Bertz CT molecular complexity index is 352. The van der Waals surface area contributed by atoms with Crippen molar-refractivity contribution in [3.05, 3.63) is 24.3 Å². The molecule has 0 amide bonds. The number of nitrogens with zero attached hydrogens (tertiary/aromatic N) is 2. The van der Waals surface area contributed by atoms with Gasteiger partial charge in [-0.25, -0.2) is 5.01 Å². The molecule has 80 valence electrons. The molecule has 3 rings (SSSR count). The van der Waals surface area contributed by atoms with Crippen LogP contribution >= 0.6 is 11.8 Å². The van der Waals surface area contributed by atoms with Crippen molar-refractivity contribution in [2.75, 3.05) is 37.2 Å². The van der Waals surface area contributed by atoms with Gasteiger partial charge in [-0.15, -0.1) is 11.8 Å². The Kier molecular flexibility index (Phi) is 2.56. The fourth-order valence-electron chi connectivity index (χ4n) is 2.02. The number of benzene rings is 1. The largest absolute Gasteiger partial charge is 0.379 e. The van der Waals surface area contributed by atoms with Gasteiger partial charge in [0.15, 0.2) is 0 Å². The number of anilines is 1. The van der Waals surface area contributed by atoms with Gasteiger partial charge in [0, 0.05) is 18.0 Å². The number of morpholine rings is 1. The summed E-state index contributed by atoms with van der Waals surface area (Å²) in [4.78, 5) is 1.39. The maximum absolute atomic E-state index is 5.37. The zero-order valence-corrected chi connectivity index (χ0v) is 9.37. The minimum atomic E-state index is 0.851. The van der Waals surface area contributed by atoms with E-state index in [0.717, 1.165) is 32.2 Å². The standard InChI is InChI=1S/C11H14N2OS/c1-2-4-11-10(3-1)13(9-15-11)12-5-7-14-8-6-12/h1-4H,5-9H2. The molecule has 0 N–H and O–H groups in total. The molecule has 15 heavy (non-hydrogen) atoms. The summed E-state index contributed by atoms with van der Waals surface area (Å²) in [5.41, 5.74) is 1.35. The van der Waals surface area contributed by atoms with Gasteiger partial charge in [0.25, 0.3) is 0 Å². The quantitative estimate of drug-likeness (QED) is 0.719. The Balaban J connectivity index is 1.83. The van der Waals surface area contributed by atoms with E-state index in [1.165, 1.54) is 10.6 Å². The second kappa shape index (κ2) is 4.04. The van der Waals surface area contributed by atoms with Crippen LogP contribution in [-0.4, -0.2) is 37.2 Å². The number of fused-ring (bicyclic) bond motifs is 1. The summed E-state index contributed by atoms with van der Waals surface area (Å²) in [6.07, 6.45) is 0. The van der Waals surface area contributed by atoms with E-state index in [1.807, 2.05) is 11.8 Å². The molecule has 0 bridgehead atoms. The smallest absolute Gasteiger partial charge is 0.0849 e. The van der Waals surface area contributed by atoms with E-state index < -0.39 is 0 Å². The van der Waals surface area contributed by atoms with Crippen LogP contribution in [-0.2, 0) is 4.74 Å². The number of rotatable bonds is 1. The first-order valence-corrected chi connectivity index (χ1v) is 6.26. The van der Waals surface area contributed by atoms with Crippen molar-refractivity contribution >= 4 is 17.4 Å². The monoisotopic (exact) mass is 222 g/mol. The molecule has 3 nitrogen and oxygen atoms in total. The molecule has 0 unspecified atom stereocenters. The molecule has 2 aliphatic rings. The van der Waals surface area contributed by atoms with Crippen molar-refractivity contribution in [2.24, 2.45) is 0 Å². The number of hydrogen-bond acceptors (Lipinski definition) is 4. The summed E-state index contributed by atoms with van der Waals surface area (Å²) in [6.45, 7) is 3.72. The second-order valence-electron chi connectivity index (χ2n) is 3.71. The Hall–Kier alpha value is -0.710. The molecule has 2 aliphatic heterocycles. The van der Waals surface area contributed by atoms with Crippen molar-refractivity contribution in [3.8, 4) is 0 Å². The lowest BCUT2D eigenvalue weighted by Gasteiger charge is -2.35. The number of ether oxygens (including phenoxy) is 1. The third kappa shape index (κ3) is 1.73. The first kappa shape index (κ1) is 9.51. The van der Waals surface area contributed by atoms with E-state index in [9.17, 15) is 0 Å². The van der Waals surface area contributed by atoms with Crippen LogP contribution in [0.25, 0.3) is 0 Å². The van der Waals surface area contributed by atoms with Crippen LogP contribution in [0.1, 0.15) is 0 Å². The predicted octanol–water partition coefficient (Wildman–Crippen LogP) is 1.80. The molecule has 0 atom stereocenters. The van der Waals surface area contributed by atoms with Gasteiger partial charge in [-0.1, -0.05) is 12.1 Å². The van der Waals surface area contributed by atoms with E-state index in [0.29, 0.717) is 0 Å².